The highest BCUT2D eigenvalue weighted by Crippen LogP contribution is 2.07. The summed E-state index contributed by atoms with van der Waals surface area (Å²) >= 11 is 0. The van der Waals surface area contributed by atoms with Crippen molar-refractivity contribution in [2.75, 3.05) is 25.0 Å². The Morgan fingerprint density at radius 2 is 1.79 bits per heavy atom. The second-order valence-electron chi connectivity index (χ2n) is 5.72. The lowest BCUT2D eigenvalue weighted by Crippen LogP contribution is -2.33. The van der Waals surface area contributed by atoms with Gasteiger partial charge in [0, 0.05) is 25.8 Å². The molecule has 1 aromatic heterocycles. The van der Waals surface area contributed by atoms with Crippen LogP contribution in [0.25, 0.3) is 0 Å². The molecule has 0 aliphatic rings. The number of nitrogens with zero attached hydrogens (tertiary/aromatic N) is 3. The van der Waals surface area contributed by atoms with Crippen molar-refractivity contribution in [3.63, 3.8) is 0 Å². The Morgan fingerprint density at radius 1 is 1.08 bits per heavy atom. The number of anilines is 1. The molecule has 0 fully saturated rings. The van der Waals surface area contributed by atoms with Crippen molar-refractivity contribution in [2.24, 2.45) is 0 Å². The summed E-state index contributed by atoms with van der Waals surface area (Å²) in [5.41, 5.74) is 1.71. The molecule has 0 unspecified atom stereocenters. The molecular formula is C19H26N4O. The van der Waals surface area contributed by atoms with E-state index in [1.54, 1.807) is 12.3 Å². The van der Waals surface area contributed by atoms with Crippen LogP contribution in [0.3, 0.4) is 0 Å². The number of hydrogen-bond acceptors (Lipinski definition) is 4. The molecule has 0 aliphatic heterocycles. The quantitative estimate of drug-likeness (QED) is 0.767. The standard InChI is InChI=1S/C19H26N4O/c1-3-14-23(15-4-2)18(24)17-11-13-21-19(22-17)20-12-10-16-8-6-5-7-9-16/h5-9,11,13H,3-4,10,12,14-15H2,1-2H3,(H,20,21,22). The lowest BCUT2D eigenvalue weighted by Gasteiger charge is -2.21. The summed E-state index contributed by atoms with van der Waals surface area (Å²) in [6, 6.07) is 11.9. The molecule has 0 saturated heterocycles. The van der Waals surface area contributed by atoms with E-state index in [4.69, 9.17) is 0 Å². The molecule has 1 amide bonds. The zero-order valence-corrected chi connectivity index (χ0v) is 14.5. The SMILES string of the molecule is CCCN(CCC)C(=O)c1ccnc(NCCc2ccccc2)n1. The Bertz CT molecular complexity index is 624. The third-order valence-corrected chi connectivity index (χ3v) is 3.69. The van der Waals surface area contributed by atoms with E-state index in [-0.39, 0.29) is 5.91 Å². The zero-order valence-electron chi connectivity index (χ0n) is 14.5. The fourth-order valence-corrected chi connectivity index (χ4v) is 2.54. The predicted molar refractivity (Wildman–Crippen MR) is 97.2 cm³/mol. The summed E-state index contributed by atoms with van der Waals surface area (Å²) in [6.07, 6.45) is 4.42. The molecule has 2 rings (SSSR count). The molecule has 0 bridgehead atoms. The van der Waals surface area contributed by atoms with Gasteiger partial charge in [-0.25, -0.2) is 9.97 Å². The normalized spacial score (nSPS) is 10.4. The predicted octanol–water partition coefficient (Wildman–Crippen LogP) is 3.39. The van der Waals surface area contributed by atoms with Crippen LogP contribution in [0.2, 0.25) is 0 Å². The van der Waals surface area contributed by atoms with Crippen LogP contribution in [0.4, 0.5) is 5.95 Å². The highest BCUT2D eigenvalue weighted by atomic mass is 16.2. The Kier molecular flexibility index (Phi) is 7.21. The van der Waals surface area contributed by atoms with Crippen LogP contribution in [-0.2, 0) is 6.42 Å². The van der Waals surface area contributed by atoms with Gasteiger partial charge < -0.3 is 10.2 Å². The third-order valence-electron chi connectivity index (χ3n) is 3.69. The molecule has 24 heavy (non-hydrogen) atoms. The number of amides is 1. The summed E-state index contributed by atoms with van der Waals surface area (Å²) < 4.78 is 0. The lowest BCUT2D eigenvalue weighted by molar-refractivity contribution is 0.0749. The molecule has 5 nitrogen and oxygen atoms in total. The van der Waals surface area contributed by atoms with Crippen LogP contribution >= 0.6 is 0 Å². The highest BCUT2D eigenvalue weighted by molar-refractivity contribution is 5.92. The minimum atomic E-state index is -0.0211. The molecule has 1 aromatic carbocycles. The van der Waals surface area contributed by atoms with E-state index in [2.05, 4.69) is 41.3 Å². The number of aromatic nitrogens is 2. The van der Waals surface area contributed by atoms with Crippen molar-refractivity contribution < 1.29 is 4.79 Å². The van der Waals surface area contributed by atoms with Crippen molar-refractivity contribution in [2.45, 2.75) is 33.1 Å². The van der Waals surface area contributed by atoms with Crippen molar-refractivity contribution in [1.82, 2.24) is 14.9 Å². The maximum atomic E-state index is 12.6. The summed E-state index contributed by atoms with van der Waals surface area (Å²) in [5.74, 6) is 0.483. The Morgan fingerprint density at radius 3 is 2.46 bits per heavy atom. The van der Waals surface area contributed by atoms with E-state index in [0.29, 0.717) is 11.6 Å². The van der Waals surface area contributed by atoms with Crippen LogP contribution in [-0.4, -0.2) is 40.4 Å². The average molecular weight is 326 g/mol. The molecule has 128 valence electrons. The average Bonchev–Trinajstić information content (AvgIpc) is 2.62. The fraction of sp³-hybridized carbons (Fsp3) is 0.421. The van der Waals surface area contributed by atoms with Gasteiger partial charge in [-0.1, -0.05) is 44.2 Å². The van der Waals surface area contributed by atoms with Gasteiger partial charge in [0.1, 0.15) is 5.69 Å². The maximum Gasteiger partial charge on any atom is 0.272 e. The van der Waals surface area contributed by atoms with Gasteiger partial charge in [-0.2, -0.15) is 0 Å². The van der Waals surface area contributed by atoms with Crippen LogP contribution in [0, 0.1) is 0 Å². The Hall–Kier alpha value is -2.43. The van der Waals surface area contributed by atoms with E-state index in [1.807, 2.05) is 23.1 Å². The van der Waals surface area contributed by atoms with Crippen LogP contribution in [0.15, 0.2) is 42.6 Å². The zero-order chi connectivity index (χ0) is 17.2. The minimum absolute atomic E-state index is 0.0211. The molecule has 1 heterocycles. The van der Waals surface area contributed by atoms with E-state index in [1.165, 1.54) is 5.56 Å². The van der Waals surface area contributed by atoms with Gasteiger partial charge in [-0.3, -0.25) is 4.79 Å². The van der Waals surface area contributed by atoms with E-state index in [0.717, 1.165) is 38.9 Å². The molecule has 2 aromatic rings. The number of hydrogen-bond donors (Lipinski definition) is 1. The van der Waals surface area contributed by atoms with Gasteiger partial charge in [-0.15, -0.1) is 0 Å². The lowest BCUT2D eigenvalue weighted by atomic mass is 10.1. The van der Waals surface area contributed by atoms with Crippen molar-refractivity contribution >= 4 is 11.9 Å². The van der Waals surface area contributed by atoms with E-state index in [9.17, 15) is 4.79 Å². The number of benzene rings is 1. The molecule has 0 spiro atoms. The first kappa shape index (κ1) is 17.9. The van der Waals surface area contributed by atoms with Gasteiger partial charge in [0.05, 0.1) is 0 Å². The van der Waals surface area contributed by atoms with Crippen LogP contribution in [0.5, 0.6) is 0 Å². The van der Waals surface area contributed by atoms with Crippen molar-refractivity contribution in [3.05, 3.63) is 53.9 Å². The van der Waals surface area contributed by atoms with E-state index >= 15 is 0 Å². The van der Waals surface area contributed by atoms with Gasteiger partial charge in [0.2, 0.25) is 5.95 Å². The monoisotopic (exact) mass is 326 g/mol. The van der Waals surface area contributed by atoms with Crippen LogP contribution in [0.1, 0.15) is 42.7 Å². The van der Waals surface area contributed by atoms with Crippen molar-refractivity contribution in [1.29, 1.82) is 0 Å². The van der Waals surface area contributed by atoms with Crippen molar-refractivity contribution in [3.8, 4) is 0 Å². The minimum Gasteiger partial charge on any atom is -0.354 e. The molecule has 5 heteroatoms. The van der Waals surface area contributed by atoms with Gasteiger partial charge in [0.15, 0.2) is 0 Å². The first-order valence-corrected chi connectivity index (χ1v) is 8.64. The third kappa shape index (κ3) is 5.33. The highest BCUT2D eigenvalue weighted by Gasteiger charge is 2.16. The molecule has 0 radical (unpaired) electrons. The summed E-state index contributed by atoms with van der Waals surface area (Å²) in [5, 5.41) is 3.20. The topological polar surface area (TPSA) is 58.1 Å². The van der Waals surface area contributed by atoms with Gasteiger partial charge >= 0.3 is 0 Å². The van der Waals surface area contributed by atoms with E-state index < -0.39 is 0 Å². The number of nitrogens with one attached hydrogen (secondary N) is 1. The number of carbonyl (C=O) groups is 1. The Labute approximate surface area is 144 Å². The molecule has 0 atom stereocenters. The maximum absolute atomic E-state index is 12.6. The molecule has 0 aliphatic carbocycles. The number of carbonyl (C=O) groups excluding carboxylic acids is 1. The first-order chi connectivity index (χ1) is 11.7. The summed E-state index contributed by atoms with van der Waals surface area (Å²) in [6.45, 7) is 6.40. The molecule has 0 saturated carbocycles. The summed E-state index contributed by atoms with van der Waals surface area (Å²) in [7, 11) is 0. The summed E-state index contributed by atoms with van der Waals surface area (Å²) in [4.78, 5) is 23.0. The molecular weight excluding hydrogens is 300 g/mol. The second kappa shape index (κ2) is 9.65. The largest absolute Gasteiger partial charge is 0.354 e. The second-order valence-corrected chi connectivity index (χ2v) is 5.72. The van der Waals surface area contributed by atoms with Gasteiger partial charge in [0.25, 0.3) is 5.91 Å². The fourth-order valence-electron chi connectivity index (χ4n) is 2.54. The van der Waals surface area contributed by atoms with Gasteiger partial charge in [-0.05, 0) is 30.9 Å². The smallest absolute Gasteiger partial charge is 0.272 e. The Balaban J connectivity index is 1.96. The first-order valence-electron chi connectivity index (χ1n) is 8.64. The molecule has 1 N–H and O–H groups in total. The number of rotatable bonds is 9. The van der Waals surface area contributed by atoms with Crippen LogP contribution < -0.4 is 5.32 Å².